The van der Waals surface area contributed by atoms with Gasteiger partial charge in [0.2, 0.25) is 11.0 Å². The predicted molar refractivity (Wildman–Crippen MR) is 58.8 cm³/mol. The van der Waals surface area contributed by atoms with Crippen LogP contribution in [-0.4, -0.2) is 28.2 Å². The third-order valence-electron chi connectivity index (χ3n) is 2.86. The Bertz CT molecular complexity index is 332. The fourth-order valence-corrected chi connectivity index (χ4v) is 2.35. The number of anilines is 1. The summed E-state index contributed by atoms with van der Waals surface area (Å²) < 4.78 is 0. The van der Waals surface area contributed by atoms with E-state index in [1.54, 1.807) is 5.51 Å². The van der Waals surface area contributed by atoms with Gasteiger partial charge in [-0.3, -0.25) is 10.1 Å². The third kappa shape index (κ3) is 2.00. The van der Waals surface area contributed by atoms with Crippen molar-refractivity contribution in [2.24, 2.45) is 0 Å². The maximum Gasteiger partial charge on any atom is 0.246 e. The second kappa shape index (κ2) is 4.24. The summed E-state index contributed by atoms with van der Waals surface area (Å²) in [6.45, 7) is 2.94. The third-order valence-corrected chi connectivity index (χ3v) is 3.47. The molecule has 1 aromatic rings. The lowest BCUT2D eigenvalue weighted by molar-refractivity contribution is -0.122. The van der Waals surface area contributed by atoms with Crippen molar-refractivity contribution in [1.29, 1.82) is 0 Å². The van der Waals surface area contributed by atoms with Crippen molar-refractivity contribution in [3.63, 3.8) is 0 Å². The Morgan fingerprint density at radius 2 is 2.67 bits per heavy atom. The van der Waals surface area contributed by atoms with Gasteiger partial charge in [-0.2, -0.15) is 0 Å². The summed E-state index contributed by atoms with van der Waals surface area (Å²) in [7, 11) is 0. The molecule has 5 nitrogen and oxygen atoms in total. The van der Waals surface area contributed by atoms with Gasteiger partial charge in [-0.25, -0.2) is 0 Å². The van der Waals surface area contributed by atoms with Crippen molar-refractivity contribution in [1.82, 2.24) is 15.5 Å². The van der Waals surface area contributed by atoms with Crippen LogP contribution < -0.4 is 10.6 Å². The zero-order chi connectivity index (χ0) is 10.7. The predicted octanol–water partition coefficient (Wildman–Crippen LogP) is 1.01. The summed E-state index contributed by atoms with van der Waals surface area (Å²) in [6, 6.07) is 0. The highest BCUT2D eigenvalue weighted by molar-refractivity contribution is 7.13. The normalized spacial score (nSPS) is 25.4. The topological polar surface area (TPSA) is 66.9 Å². The molecule has 2 heterocycles. The van der Waals surface area contributed by atoms with Gasteiger partial charge < -0.3 is 5.32 Å². The highest BCUT2D eigenvalue weighted by atomic mass is 32.1. The van der Waals surface area contributed by atoms with Gasteiger partial charge in [0.1, 0.15) is 5.51 Å². The highest BCUT2D eigenvalue weighted by Gasteiger charge is 2.39. The Morgan fingerprint density at radius 1 is 1.80 bits per heavy atom. The average molecular weight is 226 g/mol. The van der Waals surface area contributed by atoms with Crippen molar-refractivity contribution in [2.75, 3.05) is 11.9 Å². The van der Waals surface area contributed by atoms with E-state index in [-0.39, 0.29) is 5.91 Å². The van der Waals surface area contributed by atoms with Crippen molar-refractivity contribution in [3.05, 3.63) is 5.51 Å². The van der Waals surface area contributed by atoms with Crippen LogP contribution in [0.15, 0.2) is 5.51 Å². The van der Waals surface area contributed by atoms with Crippen LogP contribution in [0.1, 0.15) is 26.2 Å². The van der Waals surface area contributed by atoms with E-state index in [0.29, 0.717) is 5.13 Å². The molecule has 1 amide bonds. The van der Waals surface area contributed by atoms with Gasteiger partial charge in [0.15, 0.2) is 0 Å². The van der Waals surface area contributed by atoms with Crippen LogP contribution in [0.3, 0.4) is 0 Å². The van der Waals surface area contributed by atoms with E-state index in [1.807, 2.05) is 6.92 Å². The van der Waals surface area contributed by atoms with Crippen molar-refractivity contribution < 1.29 is 4.79 Å². The minimum absolute atomic E-state index is 0.0132. The quantitative estimate of drug-likeness (QED) is 0.807. The first-order valence-electron chi connectivity index (χ1n) is 5.09. The molecular formula is C9H14N4OS. The second-order valence-electron chi connectivity index (χ2n) is 3.66. The van der Waals surface area contributed by atoms with Crippen LogP contribution >= 0.6 is 11.3 Å². The molecule has 1 atom stereocenters. The lowest BCUT2D eigenvalue weighted by atomic mass is 9.93. The Hall–Kier alpha value is -1.01. The molecule has 82 valence electrons. The molecule has 1 aliphatic heterocycles. The number of hydrogen-bond donors (Lipinski definition) is 2. The van der Waals surface area contributed by atoms with Gasteiger partial charge in [-0.05, 0) is 25.8 Å². The van der Waals surface area contributed by atoms with Gasteiger partial charge in [0.25, 0.3) is 0 Å². The average Bonchev–Trinajstić information content (AvgIpc) is 2.87. The molecule has 0 radical (unpaired) electrons. The molecule has 6 heteroatoms. The summed E-state index contributed by atoms with van der Waals surface area (Å²) in [5.41, 5.74) is 1.21. The molecule has 1 fully saturated rings. The van der Waals surface area contributed by atoms with Gasteiger partial charge in [-0.15, -0.1) is 10.2 Å². The Morgan fingerprint density at radius 3 is 3.20 bits per heavy atom. The summed E-state index contributed by atoms with van der Waals surface area (Å²) in [5, 5.41) is 14.1. The van der Waals surface area contributed by atoms with E-state index in [4.69, 9.17) is 0 Å². The molecule has 0 bridgehead atoms. The Labute approximate surface area is 92.3 Å². The first-order chi connectivity index (χ1) is 7.27. The van der Waals surface area contributed by atoms with Crippen molar-refractivity contribution in [3.8, 4) is 0 Å². The molecule has 0 spiro atoms. The summed E-state index contributed by atoms with van der Waals surface area (Å²) >= 11 is 1.34. The molecule has 1 unspecified atom stereocenters. The zero-order valence-electron chi connectivity index (χ0n) is 8.62. The number of amides is 1. The minimum Gasteiger partial charge on any atom is -0.303 e. The molecule has 0 aromatic carbocycles. The van der Waals surface area contributed by atoms with Crippen molar-refractivity contribution in [2.45, 2.75) is 31.7 Å². The molecule has 1 aromatic heterocycles. The van der Waals surface area contributed by atoms with E-state index in [9.17, 15) is 4.79 Å². The molecule has 1 saturated heterocycles. The second-order valence-corrected chi connectivity index (χ2v) is 4.50. The van der Waals surface area contributed by atoms with Crippen LogP contribution in [0.4, 0.5) is 5.13 Å². The lowest BCUT2D eigenvalue weighted by Gasteiger charge is -2.25. The van der Waals surface area contributed by atoms with Crippen LogP contribution in [0.2, 0.25) is 0 Å². The number of carbonyl (C=O) groups is 1. The van der Waals surface area contributed by atoms with Crippen LogP contribution in [0, 0.1) is 0 Å². The SMILES string of the molecule is CCC1(C(=O)Nc2nncs2)CCCN1. The van der Waals surface area contributed by atoms with Gasteiger partial charge in [0.05, 0.1) is 5.54 Å². The first-order valence-corrected chi connectivity index (χ1v) is 5.97. The summed E-state index contributed by atoms with van der Waals surface area (Å²) in [5.74, 6) is 0.0132. The summed E-state index contributed by atoms with van der Waals surface area (Å²) in [4.78, 5) is 12.0. The molecular weight excluding hydrogens is 212 g/mol. The number of nitrogens with one attached hydrogen (secondary N) is 2. The van der Waals surface area contributed by atoms with Crippen LogP contribution in [0.25, 0.3) is 0 Å². The maximum absolute atomic E-state index is 12.0. The minimum atomic E-state index is -0.397. The van der Waals surface area contributed by atoms with Gasteiger partial charge >= 0.3 is 0 Å². The fraction of sp³-hybridized carbons (Fsp3) is 0.667. The van der Waals surface area contributed by atoms with E-state index < -0.39 is 5.54 Å². The maximum atomic E-state index is 12.0. The number of carbonyl (C=O) groups excluding carboxylic acids is 1. The van der Waals surface area contributed by atoms with E-state index in [2.05, 4.69) is 20.8 Å². The van der Waals surface area contributed by atoms with E-state index >= 15 is 0 Å². The van der Waals surface area contributed by atoms with Gasteiger partial charge in [-0.1, -0.05) is 18.3 Å². The monoisotopic (exact) mass is 226 g/mol. The molecule has 2 N–H and O–H groups in total. The van der Waals surface area contributed by atoms with Gasteiger partial charge in [0, 0.05) is 0 Å². The first kappa shape index (κ1) is 10.5. The molecule has 15 heavy (non-hydrogen) atoms. The van der Waals surface area contributed by atoms with Crippen LogP contribution in [-0.2, 0) is 4.79 Å². The molecule has 0 saturated carbocycles. The van der Waals surface area contributed by atoms with Crippen LogP contribution in [0.5, 0.6) is 0 Å². The molecule has 2 rings (SSSR count). The number of hydrogen-bond acceptors (Lipinski definition) is 5. The Kier molecular flexibility index (Phi) is 2.97. The van der Waals surface area contributed by atoms with Crippen molar-refractivity contribution >= 4 is 22.4 Å². The largest absolute Gasteiger partial charge is 0.303 e. The zero-order valence-corrected chi connectivity index (χ0v) is 9.43. The molecule has 0 aliphatic carbocycles. The highest BCUT2D eigenvalue weighted by Crippen LogP contribution is 2.24. The lowest BCUT2D eigenvalue weighted by Crippen LogP contribution is -2.50. The number of aromatic nitrogens is 2. The number of nitrogens with zero attached hydrogens (tertiary/aromatic N) is 2. The van der Waals surface area contributed by atoms with E-state index in [0.717, 1.165) is 25.8 Å². The smallest absolute Gasteiger partial charge is 0.246 e. The Balaban J connectivity index is 2.06. The standard InChI is InChI=1S/C9H14N4OS/c1-2-9(4-3-5-10-9)7(14)12-8-13-11-6-15-8/h6,10H,2-5H2,1H3,(H,12,13,14). The number of rotatable bonds is 3. The molecule has 1 aliphatic rings. The van der Waals surface area contributed by atoms with E-state index in [1.165, 1.54) is 11.3 Å². The fourth-order valence-electron chi connectivity index (χ4n) is 1.91. The summed E-state index contributed by atoms with van der Waals surface area (Å²) in [6.07, 6.45) is 2.75.